The molecule has 1 N–H and O–H groups in total. The quantitative estimate of drug-likeness (QED) is 0.790. The van der Waals surface area contributed by atoms with E-state index in [-0.39, 0.29) is 0 Å². The van der Waals surface area contributed by atoms with Gasteiger partial charge >= 0.3 is 0 Å². The third-order valence-corrected chi connectivity index (χ3v) is 5.12. The monoisotopic (exact) mass is 236 g/mol. The Labute approximate surface area is 104 Å². The molecule has 2 saturated heterocycles. The highest BCUT2D eigenvalue weighted by Crippen LogP contribution is 2.37. The normalized spacial score (nSPS) is 37.7. The number of amides is 1. The van der Waals surface area contributed by atoms with Gasteiger partial charge in [-0.1, -0.05) is 19.8 Å². The molecule has 2 aliphatic heterocycles. The van der Waals surface area contributed by atoms with Crippen molar-refractivity contribution in [3.05, 3.63) is 0 Å². The first kappa shape index (κ1) is 11.5. The summed E-state index contributed by atoms with van der Waals surface area (Å²) in [6, 6.07) is 0.517. The van der Waals surface area contributed by atoms with Crippen LogP contribution in [0, 0.1) is 17.8 Å². The average molecular weight is 236 g/mol. The topological polar surface area (TPSA) is 32.3 Å². The molecule has 1 aliphatic carbocycles. The number of fused-ring (bicyclic) bond motifs is 1. The van der Waals surface area contributed by atoms with E-state index in [9.17, 15) is 4.79 Å². The fourth-order valence-electron chi connectivity index (χ4n) is 4.21. The van der Waals surface area contributed by atoms with E-state index in [1.807, 2.05) is 0 Å². The molecular formula is C14H24N2O. The molecule has 3 atom stereocenters. The van der Waals surface area contributed by atoms with Crippen molar-refractivity contribution in [3.63, 3.8) is 0 Å². The van der Waals surface area contributed by atoms with Crippen LogP contribution in [0.4, 0.5) is 0 Å². The molecule has 3 fully saturated rings. The number of nitrogens with zero attached hydrogens (tertiary/aromatic N) is 1. The summed E-state index contributed by atoms with van der Waals surface area (Å²) in [5, 5.41) is 3.48. The first-order chi connectivity index (χ1) is 8.31. The third kappa shape index (κ3) is 1.88. The predicted octanol–water partition coefficient (Wildman–Crippen LogP) is 1.63. The van der Waals surface area contributed by atoms with Crippen molar-refractivity contribution in [3.8, 4) is 0 Å². The Morgan fingerprint density at radius 1 is 1.29 bits per heavy atom. The van der Waals surface area contributed by atoms with Crippen molar-refractivity contribution in [1.82, 2.24) is 10.2 Å². The molecule has 0 aromatic carbocycles. The van der Waals surface area contributed by atoms with Gasteiger partial charge in [-0.05, 0) is 31.1 Å². The number of hydrogen-bond donors (Lipinski definition) is 1. The molecular weight excluding hydrogens is 212 g/mol. The fourth-order valence-corrected chi connectivity index (χ4v) is 4.21. The highest BCUT2D eigenvalue weighted by molar-refractivity contribution is 5.79. The van der Waals surface area contributed by atoms with E-state index in [0.717, 1.165) is 50.7 Å². The number of carbonyl (C=O) groups excluding carboxylic acids is 1. The van der Waals surface area contributed by atoms with E-state index in [0.29, 0.717) is 17.9 Å². The summed E-state index contributed by atoms with van der Waals surface area (Å²) in [6.45, 7) is 5.50. The van der Waals surface area contributed by atoms with Gasteiger partial charge in [0.2, 0.25) is 5.91 Å². The Morgan fingerprint density at radius 2 is 2.06 bits per heavy atom. The summed E-state index contributed by atoms with van der Waals surface area (Å²) in [6.07, 6.45) is 5.92. The van der Waals surface area contributed by atoms with Crippen LogP contribution in [0.25, 0.3) is 0 Å². The number of hydrogen-bond acceptors (Lipinski definition) is 2. The SMILES string of the molecule is CCC1C2CNCC2CN1C(=O)C1CCCC1. The smallest absolute Gasteiger partial charge is 0.225 e. The van der Waals surface area contributed by atoms with Crippen molar-refractivity contribution in [2.24, 2.45) is 17.8 Å². The van der Waals surface area contributed by atoms with Gasteiger partial charge in [-0.3, -0.25) is 4.79 Å². The van der Waals surface area contributed by atoms with Gasteiger partial charge < -0.3 is 10.2 Å². The van der Waals surface area contributed by atoms with Crippen LogP contribution >= 0.6 is 0 Å². The maximum Gasteiger partial charge on any atom is 0.225 e. The maximum absolute atomic E-state index is 12.6. The average Bonchev–Trinajstić information content (AvgIpc) is 3.03. The molecule has 3 heteroatoms. The number of rotatable bonds is 2. The number of carbonyl (C=O) groups is 1. The fraction of sp³-hybridized carbons (Fsp3) is 0.929. The minimum Gasteiger partial charge on any atom is -0.339 e. The molecule has 3 rings (SSSR count). The van der Waals surface area contributed by atoms with Gasteiger partial charge in [0.05, 0.1) is 0 Å². The van der Waals surface area contributed by atoms with Crippen LogP contribution in [0.3, 0.4) is 0 Å². The van der Waals surface area contributed by atoms with Gasteiger partial charge in [0.25, 0.3) is 0 Å². The highest BCUT2D eigenvalue weighted by atomic mass is 16.2. The molecule has 17 heavy (non-hydrogen) atoms. The molecule has 0 bridgehead atoms. The molecule has 3 unspecified atom stereocenters. The molecule has 0 aromatic rings. The van der Waals surface area contributed by atoms with Crippen LogP contribution < -0.4 is 5.32 Å². The molecule has 1 saturated carbocycles. The zero-order valence-corrected chi connectivity index (χ0v) is 10.8. The second-order valence-corrected chi connectivity index (χ2v) is 6.03. The van der Waals surface area contributed by atoms with E-state index >= 15 is 0 Å². The largest absolute Gasteiger partial charge is 0.339 e. The van der Waals surface area contributed by atoms with Crippen molar-refractivity contribution < 1.29 is 4.79 Å². The summed E-state index contributed by atoms with van der Waals surface area (Å²) in [5.74, 6) is 2.29. The van der Waals surface area contributed by atoms with Crippen molar-refractivity contribution in [2.45, 2.75) is 45.1 Å². The molecule has 2 heterocycles. The molecule has 0 spiro atoms. The standard InChI is InChI=1S/C14H24N2O/c1-2-13-12-8-15-7-11(12)9-16(13)14(17)10-5-3-4-6-10/h10-13,15H,2-9H2,1H3. The van der Waals surface area contributed by atoms with Crippen LogP contribution in [0.2, 0.25) is 0 Å². The Bertz CT molecular complexity index is 299. The van der Waals surface area contributed by atoms with Gasteiger partial charge in [-0.25, -0.2) is 0 Å². The minimum atomic E-state index is 0.357. The number of nitrogens with one attached hydrogen (secondary N) is 1. The highest BCUT2D eigenvalue weighted by Gasteiger charge is 2.46. The third-order valence-electron chi connectivity index (χ3n) is 5.12. The Morgan fingerprint density at radius 3 is 2.76 bits per heavy atom. The van der Waals surface area contributed by atoms with Crippen LogP contribution in [0.1, 0.15) is 39.0 Å². The molecule has 96 valence electrons. The summed E-state index contributed by atoms with van der Waals surface area (Å²) in [5.41, 5.74) is 0. The van der Waals surface area contributed by atoms with Crippen molar-refractivity contribution >= 4 is 5.91 Å². The van der Waals surface area contributed by atoms with Crippen LogP contribution in [-0.2, 0) is 4.79 Å². The van der Waals surface area contributed by atoms with Crippen LogP contribution in [0.5, 0.6) is 0 Å². The Balaban J connectivity index is 1.72. The summed E-state index contributed by atoms with van der Waals surface area (Å²) >= 11 is 0. The summed E-state index contributed by atoms with van der Waals surface area (Å²) in [4.78, 5) is 14.8. The lowest BCUT2D eigenvalue weighted by atomic mass is 9.92. The lowest BCUT2D eigenvalue weighted by Gasteiger charge is -2.29. The molecule has 1 amide bonds. The van der Waals surface area contributed by atoms with Gasteiger partial charge in [-0.15, -0.1) is 0 Å². The van der Waals surface area contributed by atoms with E-state index < -0.39 is 0 Å². The molecule has 0 radical (unpaired) electrons. The maximum atomic E-state index is 12.6. The van der Waals surface area contributed by atoms with Crippen molar-refractivity contribution in [2.75, 3.05) is 19.6 Å². The first-order valence-electron chi connectivity index (χ1n) is 7.32. The molecule has 3 aliphatic rings. The van der Waals surface area contributed by atoms with E-state index in [1.165, 1.54) is 12.8 Å². The Hall–Kier alpha value is -0.570. The zero-order valence-electron chi connectivity index (χ0n) is 10.8. The molecule has 3 nitrogen and oxygen atoms in total. The predicted molar refractivity (Wildman–Crippen MR) is 67.6 cm³/mol. The first-order valence-corrected chi connectivity index (χ1v) is 7.32. The van der Waals surface area contributed by atoms with Crippen LogP contribution in [0.15, 0.2) is 0 Å². The van der Waals surface area contributed by atoms with Gasteiger partial charge in [-0.2, -0.15) is 0 Å². The summed E-state index contributed by atoms with van der Waals surface area (Å²) in [7, 11) is 0. The van der Waals surface area contributed by atoms with Gasteiger partial charge in [0, 0.05) is 31.6 Å². The van der Waals surface area contributed by atoms with Crippen LogP contribution in [-0.4, -0.2) is 36.5 Å². The minimum absolute atomic E-state index is 0.357. The zero-order chi connectivity index (χ0) is 11.8. The van der Waals surface area contributed by atoms with Crippen molar-refractivity contribution in [1.29, 1.82) is 0 Å². The second-order valence-electron chi connectivity index (χ2n) is 6.03. The van der Waals surface area contributed by atoms with Gasteiger partial charge in [0.15, 0.2) is 0 Å². The van der Waals surface area contributed by atoms with E-state index in [2.05, 4.69) is 17.1 Å². The summed E-state index contributed by atoms with van der Waals surface area (Å²) < 4.78 is 0. The lowest BCUT2D eigenvalue weighted by Crippen LogP contribution is -2.42. The Kier molecular flexibility index (Phi) is 3.12. The van der Waals surface area contributed by atoms with E-state index in [4.69, 9.17) is 0 Å². The second kappa shape index (κ2) is 4.60. The van der Waals surface area contributed by atoms with E-state index in [1.54, 1.807) is 0 Å². The number of likely N-dealkylation sites (tertiary alicyclic amines) is 1. The lowest BCUT2D eigenvalue weighted by molar-refractivity contribution is -0.136. The van der Waals surface area contributed by atoms with Gasteiger partial charge in [0.1, 0.15) is 0 Å². The molecule has 0 aromatic heterocycles.